The Balaban J connectivity index is 1.52. The van der Waals surface area contributed by atoms with Gasteiger partial charge in [0.05, 0.1) is 6.54 Å². The standard InChI is InChI=1S/C30H41NO6/c1-3-35-28(29(32)33)22-25-14-16-26(17-15-25)36-20-19-31(18-8-12-24-10-5-4-6-11-24)30(34)37-27-13-7-9-23(2)21-27/h7,9,13-17,21,24,28H,3-6,8,10-12,18-20,22H2,1-2H3,(H,32,33). The molecule has 202 valence electrons. The van der Waals surface area contributed by atoms with Gasteiger partial charge < -0.3 is 24.2 Å². The van der Waals surface area contributed by atoms with Crippen molar-refractivity contribution in [2.24, 2.45) is 5.92 Å². The average Bonchev–Trinajstić information content (AvgIpc) is 2.89. The maximum atomic E-state index is 13.0. The zero-order valence-corrected chi connectivity index (χ0v) is 22.2. The average molecular weight is 512 g/mol. The molecule has 0 aliphatic heterocycles. The van der Waals surface area contributed by atoms with Gasteiger partial charge in [-0.1, -0.05) is 56.4 Å². The van der Waals surface area contributed by atoms with Crippen molar-refractivity contribution in [2.75, 3.05) is 26.3 Å². The van der Waals surface area contributed by atoms with Gasteiger partial charge in [0.2, 0.25) is 0 Å². The first-order valence-electron chi connectivity index (χ1n) is 13.5. The number of hydrogen-bond acceptors (Lipinski definition) is 5. The highest BCUT2D eigenvalue weighted by atomic mass is 16.6. The van der Waals surface area contributed by atoms with Crippen LogP contribution in [0.1, 0.15) is 63.0 Å². The Morgan fingerprint density at radius 2 is 1.78 bits per heavy atom. The fourth-order valence-corrected chi connectivity index (χ4v) is 4.81. The lowest BCUT2D eigenvalue weighted by atomic mass is 9.86. The number of rotatable bonds is 14. The van der Waals surface area contributed by atoms with Gasteiger partial charge in [-0.25, -0.2) is 9.59 Å². The number of carboxylic acids is 1. The van der Waals surface area contributed by atoms with Crippen molar-refractivity contribution in [3.8, 4) is 11.5 Å². The Morgan fingerprint density at radius 3 is 2.46 bits per heavy atom. The lowest BCUT2D eigenvalue weighted by Crippen LogP contribution is -2.37. The SMILES string of the molecule is CCOC(Cc1ccc(OCCN(CCCC2CCCCC2)C(=O)Oc2cccc(C)c2)cc1)C(=O)O. The molecule has 2 aromatic rings. The van der Waals surface area contributed by atoms with Gasteiger partial charge in [0.15, 0.2) is 6.10 Å². The number of ether oxygens (including phenoxy) is 3. The van der Waals surface area contributed by atoms with Crippen LogP contribution in [0, 0.1) is 12.8 Å². The second kappa shape index (κ2) is 15.3. The number of aryl methyl sites for hydroxylation is 1. The van der Waals surface area contributed by atoms with E-state index in [1.54, 1.807) is 17.9 Å². The summed E-state index contributed by atoms with van der Waals surface area (Å²) in [4.78, 5) is 26.1. The Hall–Kier alpha value is -3.06. The number of nitrogens with zero attached hydrogens (tertiary/aromatic N) is 1. The predicted octanol–water partition coefficient (Wildman–Crippen LogP) is 6.27. The van der Waals surface area contributed by atoms with Crippen molar-refractivity contribution >= 4 is 12.1 Å². The molecular weight excluding hydrogens is 470 g/mol. The Bertz CT molecular complexity index is 970. The minimum atomic E-state index is -0.969. The van der Waals surface area contributed by atoms with Crippen LogP contribution in [0.5, 0.6) is 11.5 Å². The zero-order valence-electron chi connectivity index (χ0n) is 22.2. The van der Waals surface area contributed by atoms with Gasteiger partial charge >= 0.3 is 12.1 Å². The van der Waals surface area contributed by atoms with Gasteiger partial charge in [-0.05, 0) is 68.0 Å². The van der Waals surface area contributed by atoms with Crippen molar-refractivity contribution in [2.45, 2.75) is 71.3 Å². The van der Waals surface area contributed by atoms with E-state index in [2.05, 4.69) is 0 Å². The molecule has 0 heterocycles. The molecule has 0 radical (unpaired) electrons. The summed E-state index contributed by atoms with van der Waals surface area (Å²) in [6, 6.07) is 14.8. The van der Waals surface area contributed by atoms with E-state index in [1.165, 1.54) is 32.1 Å². The molecule has 0 spiro atoms. The third kappa shape index (κ3) is 10.1. The lowest BCUT2D eigenvalue weighted by molar-refractivity contribution is -0.149. The van der Waals surface area contributed by atoms with Crippen molar-refractivity contribution in [1.82, 2.24) is 4.90 Å². The zero-order chi connectivity index (χ0) is 26.5. The van der Waals surface area contributed by atoms with Gasteiger partial charge in [0.1, 0.15) is 18.1 Å². The van der Waals surface area contributed by atoms with Crippen LogP contribution in [0.4, 0.5) is 4.79 Å². The highest BCUT2D eigenvalue weighted by molar-refractivity contribution is 5.72. The van der Waals surface area contributed by atoms with Gasteiger partial charge in [0, 0.05) is 19.6 Å². The van der Waals surface area contributed by atoms with E-state index in [-0.39, 0.29) is 6.09 Å². The van der Waals surface area contributed by atoms with Gasteiger partial charge in [-0.3, -0.25) is 0 Å². The predicted molar refractivity (Wildman–Crippen MR) is 143 cm³/mol. The summed E-state index contributed by atoms with van der Waals surface area (Å²) in [5.41, 5.74) is 1.90. The van der Waals surface area contributed by atoms with E-state index in [4.69, 9.17) is 14.2 Å². The second-order valence-electron chi connectivity index (χ2n) is 9.80. The largest absolute Gasteiger partial charge is 0.492 e. The number of carbonyl (C=O) groups is 2. The molecule has 1 saturated carbocycles. The van der Waals surface area contributed by atoms with Crippen LogP contribution in [0.25, 0.3) is 0 Å². The maximum Gasteiger partial charge on any atom is 0.415 e. The third-order valence-corrected chi connectivity index (χ3v) is 6.84. The van der Waals surface area contributed by atoms with Gasteiger partial charge in [-0.2, -0.15) is 0 Å². The first-order chi connectivity index (χ1) is 17.9. The van der Waals surface area contributed by atoms with Crippen LogP contribution in [-0.4, -0.2) is 54.5 Å². The number of amides is 1. The fraction of sp³-hybridized carbons (Fsp3) is 0.533. The first-order valence-corrected chi connectivity index (χ1v) is 13.5. The molecule has 1 aliphatic rings. The van der Waals surface area contributed by atoms with Gasteiger partial charge in [0.25, 0.3) is 0 Å². The second-order valence-corrected chi connectivity index (χ2v) is 9.80. The van der Waals surface area contributed by atoms with Gasteiger partial charge in [-0.15, -0.1) is 0 Å². The van der Waals surface area contributed by atoms with E-state index in [0.717, 1.165) is 29.9 Å². The molecule has 7 nitrogen and oxygen atoms in total. The van der Waals surface area contributed by atoms with Crippen LogP contribution in [0.2, 0.25) is 0 Å². The van der Waals surface area contributed by atoms with Crippen molar-refractivity contribution < 1.29 is 28.9 Å². The number of benzene rings is 2. The van der Waals surface area contributed by atoms with E-state index < -0.39 is 12.1 Å². The first kappa shape index (κ1) is 28.5. The Kier molecular flexibility index (Phi) is 11.8. The van der Waals surface area contributed by atoms with Crippen LogP contribution < -0.4 is 9.47 Å². The maximum absolute atomic E-state index is 13.0. The molecule has 0 saturated heterocycles. The number of carbonyl (C=O) groups excluding carboxylic acids is 1. The van der Waals surface area contributed by atoms with Crippen LogP contribution in [0.15, 0.2) is 48.5 Å². The smallest absolute Gasteiger partial charge is 0.415 e. The molecule has 37 heavy (non-hydrogen) atoms. The van der Waals surface area contributed by atoms with E-state index in [9.17, 15) is 14.7 Å². The fourth-order valence-electron chi connectivity index (χ4n) is 4.81. The Labute approximate surface area is 220 Å². The van der Waals surface area contributed by atoms with Crippen LogP contribution in [-0.2, 0) is 16.0 Å². The van der Waals surface area contributed by atoms with Crippen molar-refractivity contribution in [1.29, 1.82) is 0 Å². The minimum absolute atomic E-state index is 0.295. The highest BCUT2D eigenvalue weighted by Gasteiger charge is 2.19. The number of carboxylic acid groups (broad SMARTS) is 1. The molecule has 1 N–H and O–H groups in total. The summed E-state index contributed by atoms with van der Waals surface area (Å²) in [5.74, 6) is 1.01. The molecule has 7 heteroatoms. The van der Waals surface area contributed by atoms with Crippen molar-refractivity contribution in [3.63, 3.8) is 0 Å². The van der Waals surface area contributed by atoms with E-state index in [0.29, 0.717) is 44.2 Å². The normalized spacial score (nSPS) is 14.6. The molecule has 1 atom stereocenters. The topological polar surface area (TPSA) is 85.3 Å². The summed E-state index contributed by atoms with van der Waals surface area (Å²) < 4.78 is 16.9. The molecule has 1 unspecified atom stereocenters. The van der Waals surface area contributed by atoms with E-state index >= 15 is 0 Å². The van der Waals surface area contributed by atoms with Crippen LogP contribution in [0.3, 0.4) is 0 Å². The lowest BCUT2D eigenvalue weighted by Gasteiger charge is -2.25. The monoisotopic (exact) mass is 511 g/mol. The quantitative estimate of drug-likeness (QED) is 0.322. The number of aliphatic carboxylic acids is 1. The highest BCUT2D eigenvalue weighted by Crippen LogP contribution is 2.27. The van der Waals surface area contributed by atoms with Crippen LogP contribution >= 0.6 is 0 Å². The molecule has 1 amide bonds. The summed E-state index contributed by atoms with van der Waals surface area (Å²) in [6.07, 6.45) is 7.73. The summed E-state index contributed by atoms with van der Waals surface area (Å²) >= 11 is 0. The molecule has 0 bridgehead atoms. The number of hydrogen-bond donors (Lipinski definition) is 1. The van der Waals surface area contributed by atoms with E-state index in [1.807, 2.05) is 49.4 Å². The minimum Gasteiger partial charge on any atom is -0.492 e. The molecule has 0 aromatic heterocycles. The third-order valence-electron chi connectivity index (χ3n) is 6.84. The summed E-state index contributed by atoms with van der Waals surface area (Å²) in [6.45, 7) is 5.49. The summed E-state index contributed by atoms with van der Waals surface area (Å²) in [5, 5.41) is 9.28. The molecule has 1 fully saturated rings. The Morgan fingerprint density at radius 1 is 1.03 bits per heavy atom. The molecule has 2 aromatic carbocycles. The molecule has 1 aliphatic carbocycles. The molecule has 3 rings (SSSR count). The molecular formula is C30H41NO6. The summed E-state index contributed by atoms with van der Waals surface area (Å²) in [7, 11) is 0. The van der Waals surface area contributed by atoms with Crippen molar-refractivity contribution in [3.05, 3.63) is 59.7 Å².